The first kappa shape index (κ1) is 12.1. The van der Waals surface area contributed by atoms with E-state index in [1.807, 2.05) is 0 Å². The fourth-order valence-electron chi connectivity index (χ4n) is 2.34. The third-order valence-corrected chi connectivity index (χ3v) is 3.82. The van der Waals surface area contributed by atoms with Gasteiger partial charge in [-0.1, -0.05) is 12.8 Å². The SMILES string of the molecule is CCN(c1nc(Cl)ncc1Br)C1CCCC1. The number of aromatic nitrogens is 2. The highest BCUT2D eigenvalue weighted by atomic mass is 79.9. The normalized spacial score (nSPS) is 16.7. The summed E-state index contributed by atoms with van der Waals surface area (Å²) in [5.41, 5.74) is 0. The molecule has 1 saturated carbocycles. The molecule has 0 unspecified atom stereocenters. The van der Waals surface area contributed by atoms with Crippen LogP contribution in [0.4, 0.5) is 5.82 Å². The van der Waals surface area contributed by atoms with Crippen LogP contribution in [-0.2, 0) is 0 Å². The molecule has 0 aromatic carbocycles. The van der Waals surface area contributed by atoms with Gasteiger partial charge in [0, 0.05) is 18.8 Å². The molecule has 0 spiro atoms. The van der Waals surface area contributed by atoms with Crippen molar-refractivity contribution >= 4 is 33.3 Å². The molecule has 88 valence electrons. The lowest BCUT2D eigenvalue weighted by Gasteiger charge is -2.29. The molecule has 3 nitrogen and oxygen atoms in total. The van der Waals surface area contributed by atoms with Gasteiger partial charge < -0.3 is 4.90 Å². The second kappa shape index (κ2) is 5.32. The Kier molecular flexibility index (Phi) is 4.03. The Bertz CT molecular complexity index is 366. The van der Waals surface area contributed by atoms with Crippen molar-refractivity contribution in [2.45, 2.75) is 38.6 Å². The summed E-state index contributed by atoms with van der Waals surface area (Å²) in [5, 5.41) is 0.314. The molecule has 0 amide bonds. The summed E-state index contributed by atoms with van der Waals surface area (Å²) in [5.74, 6) is 0.925. The summed E-state index contributed by atoms with van der Waals surface area (Å²) in [6.45, 7) is 3.11. The number of halogens is 2. The Balaban J connectivity index is 2.28. The Hall–Kier alpha value is -0.350. The molecule has 0 aliphatic heterocycles. The highest BCUT2D eigenvalue weighted by Crippen LogP contribution is 2.31. The summed E-state index contributed by atoms with van der Waals surface area (Å²) >= 11 is 9.35. The molecular formula is C11H15BrClN3. The summed E-state index contributed by atoms with van der Waals surface area (Å²) in [4.78, 5) is 10.6. The second-order valence-electron chi connectivity index (χ2n) is 4.03. The minimum Gasteiger partial charge on any atom is -0.353 e. The molecule has 0 bridgehead atoms. The molecule has 1 aliphatic rings. The van der Waals surface area contributed by atoms with Gasteiger partial charge in [0.15, 0.2) is 0 Å². The van der Waals surface area contributed by atoms with Gasteiger partial charge in [-0.25, -0.2) is 4.98 Å². The predicted octanol–water partition coefficient (Wildman–Crippen LogP) is 3.66. The average Bonchev–Trinajstić information content (AvgIpc) is 2.78. The molecule has 1 aromatic rings. The number of rotatable bonds is 3. The van der Waals surface area contributed by atoms with E-state index in [9.17, 15) is 0 Å². The van der Waals surface area contributed by atoms with E-state index in [1.165, 1.54) is 25.7 Å². The Morgan fingerprint density at radius 2 is 2.19 bits per heavy atom. The molecule has 1 aromatic heterocycles. The molecular weight excluding hydrogens is 289 g/mol. The fraction of sp³-hybridized carbons (Fsp3) is 0.636. The first-order chi connectivity index (χ1) is 7.72. The van der Waals surface area contributed by atoms with Gasteiger partial charge >= 0.3 is 0 Å². The van der Waals surface area contributed by atoms with E-state index in [0.29, 0.717) is 11.3 Å². The minimum atomic E-state index is 0.314. The number of nitrogens with zero attached hydrogens (tertiary/aromatic N) is 3. The van der Waals surface area contributed by atoms with Crippen molar-refractivity contribution in [1.82, 2.24) is 9.97 Å². The number of hydrogen-bond acceptors (Lipinski definition) is 3. The fourth-order valence-corrected chi connectivity index (χ4v) is 2.88. The van der Waals surface area contributed by atoms with Crippen LogP contribution in [-0.4, -0.2) is 22.6 Å². The smallest absolute Gasteiger partial charge is 0.224 e. The molecule has 0 saturated heterocycles. The van der Waals surface area contributed by atoms with E-state index in [0.717, 1.165) is 16.8 Å². The largest absolute Gasteiger partial charge is 0.353 e. The molecule has 0 radical (unpaired) electrons. The van der Waals surface area contributed by atoms with E-state index >= 15 is 0 Å². The van der Waals surface area contributed by atoms with Crippen molar-refractivity contribution in [3.63, 3.8) is 0 Å². The zero-order valence-corrected chi connectivity index (χ0v) is 11.6. The zero-order valence-electron chi connectivity index (χ0n) is 9.29. The van der Waals surface area contributed by atoms with E-state index in [1.54, 1.807) is 6.20 Å². The van der Waals surface area contributed by atoms with Crippen LogP contribution in [0.1, 0.15) is 32.6 Å². The lowest BCUT2D eigenvalue weighted by atomic mass is 10.2. The minimum absolute atomic E-state index is 0.314. The van der Waals surface area contributed by atoms with Crippen LogP contribution in [0.5, 0.6) is 0 Å². The van der Waals surface area contributed by atoms with Crippen LogP contribution >= 0.6 is 27.5 Å². The van der Waals surface area contributed by atoms with Crippen LogP contribution in [0.15, 0.2) is 10.7 Å². The molecule has 0 atom stereocenters. The standard InChI is InChI=1S/C11H15BrClN3/c1-2-16(8-5-3-4-6-8)10-9(12)7-14-11(13)15-10/h7-8H,2-6H2,1H3. The van der Waals surface area contributed by atoms with E-state index < -0.39 is 0 Å². The molecule has 1 heterocycles. The Morgan fingerprint density at radius 3 is 2.81 bits per heavy atom. The van der Waals surface area contributed by atoms with Gasteiger partial charge in [-0.3, -0.25) is 0 Å². The molecule has 2 rings (SSSR count). The quantitative estimate of drug-likeness (QED) is 0.798. The van der Waals surface area contributed by atoms with Gasteiger partial charge in [-0.2, -0.15) is 4.98 Å². The Morgan fingerprint density at radius 1 is 1.50 bits per heavy atom. The first-order valence-corrected chi connectivity index (χ1v) is 6.84. The van der Waals surface area contributed by atoms with E-state index in [-0.39, 0.29) is 0 Å². The zero-order chi connectivity index (χ0) is 11.5. The molecule has 0 N–H and O–H groups in total. The van der Waals surface area contributed by atoms with Gasteiger partial charge in [0.05, 0.1) is 4.47 Å². The molecule has 1 fully saturated rings. The number of hydrogen-bond donors (Lipinski definition) is 0. The maximum Gasteiger partial charge on any atom is 0.224 e. The average molecular weight is 305 g/mol. The lowest BCUT2D eigenvalue weighted by Crippen LogP contribution is -2.34. The van der Waals surface area contributed by atoms with Crippen molar-refractivity contribution in [3.8, 4) is 0 Å². The molecule has 1 aliphatic carbocycles. The van der Waals surface area contributed by atoms with Crippen LogP contribution in [0.2, 0.25) is 5.28 Å². The maximum absolute atomic E-state index is 5.85. The van der Waals surface area contributed by atoms with Gasteiger partial charge in [-0.05, 0) is 47.3 Å². The Labute approximate surface area is 109 Å². The second-order valence-corrected chi connectivity index (χ2v) is 5.23. The third kappa shape index (κ3) is 2.48. The van der Waals surface area contributed by atoms with E-state index in [4.69, 9.17) is 11.6 Å². The van der Waals surface area contributed by atoms with Gasteiger partial charge in [0.25, 0.3) is 0 Å². The highest BCUT2D eigenvalue weighted by molar-refractivity contribution is 9.10. The summed E-state index contributed by atoms with van der Waals surface area (Å²) < 4.78 is 0.922. The summed E-state index contributed by atoms with van der Waals surface area (Å²) in [7, 11) is 0. The predicted molar refractivity (Wildman–Crippen MR) is 70.0 cm³/mol. The molecule has 16 heavy (non-hydrogen) atoms. The third-order valence-electron chi connectivity index (χ3n) is 3.07. The topological polar surface area (TPSA) is 29.0 Å². The summed E-state index contributed by atoms with van der Waals surface area (Å²) in [6.07, 6.45) is 6.86. The van der Waals surface area contributed by atoms with Crippen LogP contribution in [0.3, 0.4) is 0 Å². The van der Waals surface area contributed by atoms with Crippen molar-refractivity contribution in [2.75, 3.05) is 11.4 Å². The monoisotopic (exact) mass is 303 g/mol. The first-order valence-electron chi connectivity index (χ1n) is 5.67. The summed E-state index contributed by atoms with van der Waals surface area (Å²) in [6, 6.07) is 0.604. The highest BCUT2D eigenvalue weighted by Gasteiger charge is 2.24. The van der Waals surface area contributed by atoms with Crippen LogP contribution < -0.4 is 4.90 Å². The van der Waals surface area contributed by atoms with Crippen molar-refractivity contribution in [2.24, 2.45) is 0 Å². The number of anilines is 1. The van der Waals surface area contributed by atoms with Gasteiger partial charge in [0.1, 0.15) is 5.82 Å². The van der Waals surface area contributed by atoms with Crippen molar-refractivity contribution in [1.29, 1.82) is 0 Å². The van der Waals surface area contributed by atoms with Gasteiger partial charge in [-0.15, -0.1) is 0 Å². The van der Waals surface area contributed by atoms with Crippen molar-refractivity contribution in [3.05, 3.63) is 16.0 Å². The van der Waals surface area contributed by atoms with Gasteiger partial charge in [0.2, 0.25) is 5.28 Å². The van der Waals surface area contributed by atoms with Crippen molar-refractivity contribution < 1.29 is 0 Å². The van der Waals surface area contributed by atoms with Crippen LogP contribution in [0, 0.1) is 0 Å². The molecule has 5 heteroatoms. The lowest BCUT2D eigenvalue weighted by molar-refractivity contribution is 0.611. The van der Waals surface area contributed by atoms with E-state index in [2.05, 4.69) is 37.7 Å². The van der Waals surface area contributed by atoms with Crippen LogP contribution in [0.25, 0.3) is 0 Å². The maximum atomic E-state index is 5.85.